The SMILES string of the molecule is Cc1cc(COc2ccccc2CNC(C)C)n(C)n1. The minimum absolute atomic E-state index is 0.461. The van der Waals surface area contributed by atoms with Gasteiger partial charge in [0.05, 0.1) is 11.4 Å². The normalized spacial score (nSPS) is 11.1. The predicted molar refractivity (Wildman–Crippen MR) is 80.7 cm³/mol. The van der Waals surface area contributed by atoms with Crippen LogP contribution in [0, 0.1) is 6.92 Å². The fraction of sp³-hybridized carbons (Fsp3) is 0.438. The van der Waals surface area contributed by atoms with Crippen molar-refractivity contribution in [2.75, 3.05) is 0 Å². The largest absolute Gasteiger partial charge is 0.487 e. The van der Waals surface area contributed by atoms with Crippen LogP contribution in [0.25, 0.3) is 0 Å². The Balaban J connectivity index is 2.03. The molecule has 20 heavy (non-hydrogen) atoms. The van der Waals surface area contributed by atoms with Gasteiger partial charge in [-0.15, -0.1) is 0 Å². The van der Waals surface area contributed by atoms with Crippen LogP contribution in [0.2, 0.25) is 0 Å². The molecule has 2 rings (SSSR count). The van der Waals surface area contributed by atoms with Crippen LogP contribution in [0.15, 0.2) is 30.3 Å². The highest BCUT2D eigenvalue weighted by molar-refractivity contribution is 5.33. The molecule has 1 heterocycles. The number of hydrogen-bond donors (Lipinski definition) is 1. The third kappa shape index (κ3) is 3.84. The molecule has 0 unspecified atom stereocenters. The molecule has 0 radical (unpaired) electrons. The van der Waals surface area contributed by atoms with Crippen LogP contribution in [0.5, 0.6) is 5.75 Å². The number of aryl methyl sites for hydroxylation is 2. The molecule has 0 aliphatic carbocycles. The van der Waals surface area contributed by atoms with Gasteiger partial charge in [-0.2, -0.15) is 5.10 Å². The zero-order valence-corrected chi connectivity index (χ0v) is 12.7. The van der Waals surface area contributed by atoms with E-state index in [0.717, 1.165) is 23.7 Å². The fourth-order valence-corrected chi connectivity index (χ4v) is 2.06. The van der Waals surface area contributed by atoms with Crippen molar-refractivity contribution in [3.05, 3.63) is 47.3 Å². The van der Waals surface area contributed by atoms with Gasteiger partial charge in [-0.1, -0.05) is 32.0 Å². The molecule has 4 heteroatoms. The molecule has 0 amide bonds. The summed E-state index contributed by atoms with van der Waals surface area (Å²) in [7, 11) is 1.94. The third-order valence-electron chi connectivity index (χ3n) is 3.15. The van der Waals surface area contributed by atoms with Gasteiger partial charge in [-0.25, -0.2) is 0 Å². The lowest BCUT2D eigenvalue weighted by Gasteiger charge is -2.13. The number of para-hydroxylation sites is 1. The molecule has 0 saturated carbocycles. The van der Waals surface area contributed by atoms with Crippen LogP contribution in [0.3, 0.4) is 0 Å². The van der Waals surface area contributed by atoms with E-state index in [2.05, 4.69) is 36.4 Å². The van der Waals surface area contributed by atoms with E-state index in [1.54, 1.807) is 0 Å². The molecule has 0 fully saturated rings. The average Bonchev–Trinajstić information content (AvgIpc) is 2.73. The van der Waals surface area contributed by atoms with Gasteiger partial charge in [-0.05, 0) is 19.1 Å². The number of nitrogens with one attached hydrogen (secondary N) is 1. The van der Waals surface area contributed by atoms with Crippen LogP contribution in [0.1, 0.15) is 30.8 Å². The molecule has 4 nitrogen and oxygen atoms in total. The Kier molecular flexibility index (Phi) is 4.79. The molecular weight excluding hydrogens is 250 g/mol. The summed E-state index contributed by atoms with van der Waals surface area (Å²) in [5.41, 5.74) is 3.27. The van der Waals surface area contributed by atoms with E-state index in [1.807, 2.05) is 36.9 Å². The number of hydrogen-bond acceptors (Lipinski definition) is 3. The van der Waals surface area contributed by atoms with Crippen molar-refractivity contribution in [1.29, 1.82) is 0 Å². The molecule has 2 aromatic rings. The lowest BCUT2D eigenvalue weighted by atomic mass is 10.2. The van der Waals surface area contributed by atoms with Crippen LogP contribution < -0.4 is 10.1 Å². The summed E-state index contributed by atoms with van der Waals surface area (Å²) in [5.74, 6) is 0.930. The molecule has 0 bridgehead atoms. The smallest absolute Gasteiger partial charge is 0.130 e. The molecule has 0 saturated heterocycles. The van der Waals surface area contributed by atoms with Gasteiger partial charge in [-0.3, -0.25) is 4.68 Å². The molecule has 108 valence electrons. The van der Waals surface area contributed by atoms with Crippen molar-refractivity contribution in [3.8, 4) is 5.75 Å². The van der Waals surface area contributed by atoms with Crippen molar-refractivity contribution >= 4 is 0 Å². The lowest BCUT2D eigenvalue weighted by molar-refractivity contribution is 0.291. The topological polar surface area (TPSA) is 39.1 Å². The molecular formula is C16H23N3O. The van der Waals surface area contributed by atoms with Crippen molar-refractivity contribution in [2.45, 2.75) is 40.0 Å². The molecule has 1 aromatic carbocycles. The monoisotopic (exact) mass is 273 g/mol. The van der Waals surface area contributed by atoms with Crippen molar-refractivity contribution in [2.24, 2.45) is 7.05 Å². The summed E-state index contributed by atoms with van der Waals surface area (Å²) in [5, 5.41) is 7.75. The minimum atomic E-state index is 0.461. The highest BCUT2D eigenvalue weighted by Gasteiger charge is 2.06. The summed E-state index contributed by atoms with van der Waals surface area (Å²) >= 11 is 0. The van der Waals surface area contributed by atoms with Gasteiger partial charge in [0.15, 0.2) is 0 Å². The van der Waals surface area contributed by atoms with E-state index < -0.39 is 0 Å². The van der Waals surface area contributed by atoms with Gasteiger partial charge < -0.3 is 10.1 Å². The second kappa shape index (κ2) is 6.57. The van der Waals surface area contributed by atoms with Gasteiger partial charge in [0.2, 0.25) is 0 Å². The summed E-state index contributed by atoms with van der Waals surface area (Å²) < 4.78 is 7.81. The molecule has 0 atom stereocenters. The molecule has 1 N–H and O–H groups in total. The third-order valence-corrected chi connectivity index (χ3v) is 3.15. The molecule has 0 aliphatic heterocycles. The van der Waals surface area contributed by atoms with Crippen LogP contribution in [-0.2, 0) is 20.2 Å². The molecule has 0 aliphatic rings. The highest BCUT2D eigenvalue weighted by Crippen LogP contribution is 2.19. The van der Waals surface area contributed by atoms with Gasteiger partial charge >= 0.3 is 0 Å². The maximum atomic E-state index is 5.95. The number of rotatable bonds is 6. The van der Waals surface area contributed by atoms with Crippen LogP contribution in [0.4, 0.5) is 0 Å². The first-order chi connectivity index (χ1) is 9.56. The second-order valence-electron chi connectivity index (χ2n) is 5.33. The Labute approximate surface area is 120 Å². The fourth-order valence-electron chi connectivity index (χ4n) is 2.06. The quantitative estimate of drug-likeness (QED) is 0.879. The predicted octanol–water partition coefficient (Wildman–Crippen LogP) is 2.81. The van der Waals surface area contributed by atoms with E-state index in [1.165, 1.54) is 5.56 Å². The Morgan fingerprint density at radius 3 is 2.70 bits per heavy atom. The summed E-state index contributed by atoms with van der Waals surface area (Å²) in [6.45, 7) is 7.63. The van der Waals surface area contributed by atoms with Crippen molar-refractivity contribution in [3.63, 3.8) is 0 Å². The van der Waals surface area contributed by atoms with Crippen LogP contribution >= 0.6 is 0 Å². The first-order valence-electron chi connectivity index (χ1n) is 7.00. The standard InChI is InChI=1S/C16H23N3O/c1-12(2)17-10-14-7-5-6-8-16(14)20-11-15-9-13(3)18-19(15)4/h5-9,12,17H,10-11H2,1-4H3. The molecule has 0 spiro atoms. The number of ether oxygens (including phenoxy) is 1. The Morgan fingerprint density at radius 1 is 1.30 bits per heavy atom. The van der Waals surface area contributed by atoms with Gasteiger partial charge in [0, 0.05) is 25.2 Å². The first-order valence-corrected chi connectivity index (χ1v) is 7.00. The zero-order valence-electron chi connectivity index (χ0n) is 12.7. The Morgan fingerprint density at radius 2 is 2.05 bits per heavy atom. The molecule has 1 aromatic heterocycles. The van der Waals surface area contributed by atoms with E-state index in [0.29, 0.717) is 12.6 Å². The van der Waals surface area contributed by atoms with Gasteiger partial charge in [0.25, 0.3) is 0 Å². The maximum absolute atomic E-state index is 5.95. The average molecular weight is 273 g/mol. The zero-order chi connectivity index (χ0) is 14.5. The highest BCUT2D eigenvalue weighted by atomic mass is 16.5. The Bertz CT molecular complexity index is 561. The number of benzene rings is 1. The second-order valence-corrected chi connectivity index (χ2v) is 5.33. The van der Waals surface area contributed by atoms with E-state index in [4.69, 9.17) is 4.74 Å². The summed E-state index contributed by atoms with van der Waals surface area (Å²) in [6.07, 6.45) is 0. The van der Waals surface area contributed by atoms with E-state index >= 15 is 0 Å². The maximum Gasteiger partial charge on any atom is 0.130 e. The first kappa shape index (κ1) is 14.6. The van der Waals surface area contributed by atoms with Crippen LogP contribution in [-0.4, -0.2) is 15.8 Å². The summed E-state index contributed by atoms with van der Waals surface area (Å²) in [4.78, 5) is 0. The summed E-state index contributed by atoms with van der Waals surface area (Å²) in [6, 6.07) is 10.7. The number of nitrogens with zero attached hydrogens (tertiary/aromatic N) is 2. The number of aromatic nitrogens is 2. The lowest BCUT2D eigenvalue weighted by Crippen LogP contribution is -2.22. The van der Waals surface area contributed by atoms with Crippen molar-refractivity contribution in [1.82, 2.24) is 15.1 Å². The van der Waals surface area contributed by atoms with Gasteiger partial charge in [0.1, 0.15) is 12.4 Å². The Hall–Kier alpha value is -1.81. The minimum Gasteiger partial charge on any atom is -0.487 e. The van der Waals surface area contributed by atoms with E-state index in [9.17, 15) is 0 Å². The van der Waals surface area contributed by atoms with Crippen molar-refractivity contribution < 1.29 is 4.74 Å². The van der Waals surface area contributed by atoms with E-state index in [-0.39, 0.29) is 0 Å².